The van der Waals surface area contributed by atoms with Crippen LogP contribution < -0.4 is 0 Å². The third-order valence-corrected chi connectivity index (χ3v) is 7.56. The van der Waals surface area contributed by atoms with Crippen molar-refractivity contribution in [2.24, 2.45) is 5.92 Å². The first-order valence-electron chi connectivity index (χ1n) is 5.08. The molecule has 1 aliphatic carbocycles. The monoisotopic (exact) mass is 250 g/mol. The molecule has 0 spiro atoms. The fourth-order valence-electron chi connectivity index (χ4n) is 1.80. The average molecular weight is 249 g/mol. The Bertz CT molecular complexity index is 137. The predicted molar refractivity (Wildman–Crippen MR) is 58.2 cm³/mol. The summed E-state index contributed by atoms with van der Waals surface area (Å²) in [5.74, 6) is 2.51. The van der Waals surface area contributed by atoms with Gasteiger partial charge in [-0.15, -0.1) is 0 Å². The van der Waals surface area contributed by atoms with Crippen LogP contribution in [0.25, 0.3) is 0 Å². The summed E-state index contributed by atoms with van der Waals surface area (Å²) in [4.78, 5) is 1.16. The summed E-state index contributed by atoms with van der Waals surface area (Å²) in [6, 6.07) is 0. The van der Waals surface area contributed by atoms with Crippen LogP contribution in [0.1, 0.15) is 32.6 Å². The Morgan fingerprint density at radius 3 is 2.50 bits per heavy atom. The van der Waals surface area contributed by atoms with Crippen LogP contribution in [0.4, 0.5) is 0 Å². The van der Waals surface area contributed by atoms with Gasteiger partial charge in [-0.3, -0.25) is 0 Å². The fourth-order valence-corrected chi connectivity index (χ4v) is 6.04. The van der Waals surface area contributed by atoms with Gasteiger partial charge in [-0.25, -0.2) is 0 Å². The Morgan fingerprint density at radius 1 is 1.25 bits per heavy atom. The van der Waals surface area contributed by atoms with Crippen LogP contribution in [0.3, 0.4) is 0 Å². The van der Waals surface area contributed by atoms with E-state index < -0.39 is 0 Å². The molecule has 0 N–H and O–H groups in total. The zero-order valence-corrected chi connectivity index (χ0v) is 10.3. The average Bonchev–Trinajstić information content (AvgIpc) is 2.87. The third-order valence-electron chi connectivity index (χ3n) is 2.88. The summed E-state index contributed by atoms with van der Waals surface area (Å²) in [6.07, 6.45) is 6.14. The minimum atomic E-state index is 0.994. The van der Waals surface area contributed by atoms with E-state index in [1.165, 1.54) is 18.6 Å². The maximum absolute atomic E-state index is 2.42. The summed E-state index contributed by atoms with van der Waals surface area (Å²) in [5.41, 5.74) is 0. The Balaban J connectivity index is 1.60. The van der Waals surface area contributed by atoms with Gasteiger partial charge in [0, 0.05) is 0 Å². The van der Waals surface area contributed by atoms with Crippen molar-refractivity contribution in [3.05, 3.63) is 0 Å². The number of hydrogen-bond donors (Lipinski definition) is 0. The molecule has 2 aliphatic rings. The number of hydrogen-bond acceptors (Lipinski definition) is 1. The zero-order valence-electron chi connectivity index (χ0n) is 7.79. The summed E-state index contributed by atoms with van der Waals surface area (Å²) >= 11 is 3.17. The molecule has 1 saturated heterocycles. The van der Waals surface area contributed by atoms with Crippen LogP contribution >= 0.6 is 11.8 Å². The van der Waals surface area contributed by atoms with Gasteiger partial charge in [-0.2, -0.15) is 0 Å². The summed E-state index contributed by atoms with van der Waals surface area (Å²) in [5, 5.41) is 2.68. The van der Waals surface area contributed by atoms with Crippen LogP contribution in [-0.2, 0) is 0 Å². The van der Waals surface area contributed by atoms with Crippen LogP contribution in [0, 0.1) is 5.92 Å². The molecule has 2 rings (SSSR count). The maximum atomic E-state index is 2.42. The first-order valence-corrected chi connectivity index (χ1v) is 8.32. The van der Waals surface area contributed by atoms with Gasteiger partial charge in [0.25, 0.3) is 0 Å². The molecule has 1 heterocycles. The molecule has 0 bridgehead atoms. The van der Waals surface area contributed by atoms with Gasteiger partial charge >= 0.3 is 86.4 Å². The van der Waals surface area contributed by atoms with Crippen LogP contribution in [0.15, 0.2) is 0 Å². The van der Waals surface area contributed by atoms with Crippen molar-refractivity contribution in [2.75, 3.05) is 5.75 Å². The SMILES string of the molecule is CC1CCC([Se]CC2CS2)CC1. The molecule has 0 radical (unpaired) electrons. The summed E-state index contributed by atoms with van der Waals surface area (Å²) < 4.78 is 0. The fraction of sp³-hybridized carbons (Fsp3) is 1.00. The second-order valence-electron chi connectivity index (χ2n) is 4.17. The van der Waals surface area contributed by atoms with E-state index in [0.29, 0.717) is 0 Å². The van der Waals surface area contributed by atoms with Crippen LogP contribution in [-0.4, -0.2) is 26.0 Å². The topological polar surface area (TPSA) is 0 Å². The van der Waals surface area contributed by atoms with Crippen molar-refractivity contribution in [2.45, 2.75) is 48.0 Å². The second kappa shape index (κ2) is 4.39. The molecule has 2 fully saturated rings. The molecule has 1 saturated carbocycles. The van der Waals surface area contributed by atoms with Gasteiger partial charge in [-0.1, -0.05) is 0 Å². The van der Waals surface area contributed by atoms with Crippen LogP contribution in [0.2, 0.25) is 10.1 Å². The van der Waals surface area contributed by atoms with E-state index in [9.17, 15) is 0 Å². The zero-order chi connectivity index (χ0) is 8.39. The summed E-state index contributed by atoms with van der Waals surface area (Å²) in [6.45, 7) is 2.42. The molecule has 0 nitrogen and oxygen atoms in total. The second-order valence-corrected chi connectivity index (χ2v) is 8.30. The first-order chi connectivity index (χ1) is 5.84. The molecule has 1 unspecified atom stereocenters. The molecule has 12 heavy (non-hydrogen) atoms. The van der Waals surface area contributed by atoms with Crippen molar-refractivity contribution in [1.29, 1.82) is 0 Å². The van der Waals surface area contributed by atoms with Crippen LogP contribution in [0.5, 0.6) is 0 Å². The molecule has 2 heteroatoms. The molecular formula is C10H18SSe. The number of rotatable bonds is 3. The number of thioether (sulfide) groups is 1. The van der Waals surface area contributed by atoms with Crippen molar-refractivity contribution in [1.82, 2.24) is 0 Å². The third kappa shape index (κ3) is 2.97. The van der Waals surface area contributed by atoms with Gasteiger partial charge in [0.1, 0.15) is 0 Å². The van der Waals surface area contributed by atoms with Crippen molar-refractivity contribution in [3.8, 4) is 0 Å². The molecule has 0 aromatic carbocycles. The minimum absolute atomic E-state index is 0.994. The van der Waals surface area contributed by atoms with E-state index in [-0.39, 0.29) is 0 Å². The van der Waals surface area contributed by atoms with E-state index in [1.54, 1.807) is 18.2 Å². The van der Waals surface area contributed by atoms with Crippen molar-refractivity contribution >= 4 is 26.7 Å². The molecule has 0 amide bonds. The standard InChI is InChI=1S/C10H18SSe/c1-8-2-4-10(5-3-8)12-7-9-6-11-9/h8-10H,2-7H2,1H3. The van der Waals surface area contributed by atoms with Crippen molar-refractivity contribution < 1.29 is 0 Å². The van der Waals surface area contributed by atoms with Gasteiger partial charge in [0.15, 0.2) is 0 Å². The summed E-state index contributed by atoms with van der Waals surface area (Å²) in [7, 11) is 0. The Hall–Kier alpha value is 0.869. The quantitative estimate of drug-likeness (QED) is 0.546. The molecule has 70 valence electrons. The van der Waals surface area contributed by atoms with Gasteiger partial charge in [0.2, 0.25) is 0 Å². The Morgan fingerprint density at radius 2 is 1.92 bits per heavy atom. The Kier molecular flexibility index (Phi) is 3.45. The van der Waals surface area contributed by atoms with E-state index >= 15 is 0 Å². The van der Waals surface area contributed by atoms with E-state index in [0.717, 1.165) is 30.9 Å². The van der Waals surface area contributed by atoms with Gasteiger partial charge in [-0.05, 0) is 0 Å². The Labute approximate surface area is 86.4 Å². The molecular weight excluding hydrogens is 231 g/mol. The van der Waals surface area contributed by atoms with E-state index in [4.69, 9.17) is 0 Å². The molecule has 1 atom stereocenters. The molecule has 1 aliphatic heterocycles. The van der Waals surface area contributed by atoms with E-state index in [1.807, 2.05) is 0 Å². The predicted octanol–water partition coefficient (Wildman–Crippen LogP) is 3.22. The normalized spacial score (nSPS) is 41.2. The van der Waals surface area contributed by atoms with Gasteiger partial charge < -0.3 is 0 Å². The first kappa shape index (κ1) is 9.43. The van der Waals surface area contributed by atoms with Crippen molar-refractivity contribution in [3.63, 3.8) is 0 Å². The van der Waals surface area contributed by atoms with Gasteiger partial charge in [0.05, 0.1) is 0 Å². The molecule has 0 aromatic heterocycles. The van der Waals surface area contributed by atoms with E-state index in [2.05, 4.69) is 18.7 Å². The molecule has 0 aromatic rings.